The summed E-state index contributed by atoms with van der Waals surface area (Å²) in [5.41, 5.74) is 3.68. The van der Waals surface area contributed by atoms with Crippen molar-refractivity contribution in [3.63, 3.8) is 0 Å². The van der Waals surface area contributed by atoms with Crippen molar-refractivity contribution < 1.29 is 0 Å². The van der Waals surface area contributed by atoms with Gasteiger partial charge in [0.05, 0.1) is 17.2 Å². The van der Waals surface area contributed by atoms with E-state index in [-0.39, 0.29) is 5.54 Å². The summed E-state index contributed by atoms with van der Waals surface area (Å²) in [4.78, 5) is 1.35. The molecule has 1 aromatic rings. The van der Waals surface area contributed by atoms with E-state index in [2.05, 4.69) is 29.8 Å². The summed E-state index contributed by atoms with van der Waals surface area (Å²) >= 11 is 1.77. The zero-order valence-electron chi connectivity index (χ0n) is 11.2. The molecule has 1 heterocycles. The maximum absolute atomic E-state index is 8.86. The highest BCUT2D eigenvalue weighted by atomic mass is 32.2. The van der Waals surface area contributed by atoms with Gasteiger partial charge in [-0.05, 0) is 55.0 Å². The maximum atomic E-state index is 8.86. The average molecular weight is 270 g/mol. The van der Waals surface area contributed by atoms with E-state index in [9.17, 15) is 0 Å². The van der Waals surface area contributed by atoms with Crippen LogP contribution in [-0.4, -0.2) is 5.54 Å². The minimum atomic E-state index is 0.228. The van der Waals surface area contributed by atoms with Crippen molar-refractivity contribution in [2.24, 2.45) is 0 Å². The molecule has 1 aliphatic heterocycles. The molecule has 1 saturated carbocycles. The minimum Gasteiger partial charge on any atom is -0.250 e. The molecule has 3 heteroatoms. The Morgan fingerprint density at radius 3 is 2.47 bits per heavy atom. The molecule has 1 aliphatic carbocycles. The molecule has 1 fully saturated rings. The van der Waals surface area contributed by atoms with Crippen molar-refractivity contribution in [1.82, 2.24) is 4.72 Å². The lowest BCUT2D eigenvalue weighted by molar-refractivity contribution is 0.326. The zero-order valence-corrected chi connectivity index (χ0v) is 12.0. The lowest BCUT2D eigenvalue weighted by Crippen LogP contribution is -2.41. The van der Waals surface area contributed by atoms with Gasteiger partial charge in [-0.15, -0.1) is 0 Å². The van der Waals surface area contributed by atoms with Gasteiger partial charge in [0, 0.05) is 4.91 Å². The smallest absolute Gasteiger partial charge is 0.0991 e. The molecular weight excluding hydrogens is 252 g/mol. The Bertz CT molecular complexity index is 545. The Morgan fingerprint density at radius 1 is 1.16 bits per heavy atom. The fourth-order valence-corrected chi connectivity index (χ4v) is 4.38. The van der Waals surface area contributed by atoms with Crippen LogP contribution in [0.25, 0.3) is 4.91 Å². The monoisotopic (exact) mass is 270 g/mol. The van der Waals surface area contributed by atoms with Crippen LogP contribution in [0.3, 0.4) is 0 Å². The first-order chi connectivity index (χ1) is 9.25. The molecule has 2 nitrogen and oxygen atoms in total. The highest BCUT2D eigenvalue weighted by Gasteiger charge is 2.39. The molecular formula is C16H18N2S. The second kappa shape index (κ2) is 5.03. The van der Waals surface area contributed by atoms with Crippen molar-refractivity contribution in [2.75, 3.05) is 0 Å². The van der Waals surface area contributed by atoms with E-state index < -0.39 is 0 Å². The third-order valence-electron chi connectivity index (χ3n) is 4.39. The van der Waals surface area contributed by atoms with E-state index in [1.54, 1.807) is 11.9 Å². The maximum Gasteiger partial charge on any atom is 0.0991 e. The Labute approximate surface area is 119 Å². The number of nitrogens with zero attached hydrogens (tertiary/aromatic N) is 1. The molecule has 0 amide bonds. The van der Waals surface area contributed by atoms with Crippen LogP contribution in [0.5, 0.6) is 0 Å². The van der Waals surface area contributed by atoms with Crippen LogP contribution in [0.4, 0.5) is 0 Å². The molecule has 1 N–H and O–H groups in total. The molecule has 2 aliphatic rings. The number of nitriles is 1. The molecule has 1 spiro atoms. The summed E-state index contributed by atoms with van der Waals surface area (Å²) < 4.78 is 3.68. The summed E-state index contributed by atoms with van der Waals surface area (Å²) in [6, 6.07) is 10.1. The first kappa shape index (κ1) is 12.8. The van der Waals surface area contributed by atoms with Crippen molar-refractivity contribution >= 4 is 16.9 Å². The van der Waals surface area contributed by atoms with E-state index in [0.717, 1.165) is 5.56 Å². The van der Waals surface area contributed by atoms with Gasteiger partial charge in [-0.2, -0.15) is 5.26 Å². The topological polar surface area (TPSA) is 35.8 Å². The van der Waals surface area contributed by atoms with E-state index in [0.29, 0.717) is 0 Å². The molecule has 0 aromatic heterocycles. The van der Waals surface area contributed by atoms with Crippen molar-refractivity contribution in [2.45, 2.75) is 44.6 Å². The highest BCUT2D eigenvalue weighted by Crippen LogP contribution is 2.47. The van der Waals surface area contributed by atoms with Crippen LogP contribution in [0.2, 0.25) is 0 Å². The molecule has 19 heavy (non-hydrogen) atoms. The van der Waals surface area contributed by atoms with E-state index in [4.69, 9.17) is 5.26 Å². The molecule has 0 atom stereocenters. The SMILES string of the molecule is CC1=C(c2ccc(C#N)cc2)SNC12CCCCC2. The predicted octanol–water partition coefficient (Wildman–Crippen LogP) is 4.24. The molecule has 3 rings (SSSR count). The second-order valence-electron chi connectivity index (χ2n) is 5.49. The average Bonchev–Trinajstić information content (AvgIpc) is 2.77. The quantitative estimate of drug-likeness (QED) is 0.775. The van der Waals surface area contributed by atoms with Crippen LogP contribution in [0.15, 0.2) is 29.8 Å². The van der Waals surface area contributed by atoms with Gasteiger partial charge in [0.1, 0.15) is 0 Å². The van der Waals surface area contributed by atoms with Gasteiger partial charge >= 0.3 is 0 Å². The van der Waals surface area contributed by atoms with Gasteiger partial charge in [-0.3, -0.25) is 0 Å². The lowest BCUT2D eigenvalue weighted by atomic mass is 9.77. The molecule has 0 radical (unpaired) electrons. The molecule has 0 saturated heterocycles. The van der Waals surface area contributed by atoms with Crippen molar-refractivity contribution in [1.29, 1.82) is 5.26 Å². The third kappa shape index (κ3) is 2.20. The number of benzene rings is 1. The third-order valence-corrected chi connectivity index (χ3v) is 5.63. The summed E-state index contributed by atoms with van der Waals surface area (Å²) in [5, 5.41) is 8.86. The fraction of sp³-hybridized carbons (Fsp3) is 0.438. The van der Waals surface area contributed by atoms with Crippen LogP contribution < -0.4 is 4.72 Å². The van der Waals surface area contributed by atoms with E-state index in [1.807, 2.05) is 12.1 Å². The van der Waals surface area contributed by atoms with Gasteiger partial charge in [-0.1, -0.05) is 31.4 Å². The van der Waals surface area contributed by atoms with Gasteiger partial charge in [0.25, 0.3) is 0 Å². The largest absolute Gasteiger partial charge is 0.250 e. The second-order valence-corrected chi connectivity index (χ2v) is 6.31. The molecule has 0 bridgehead atoms. The van der Waals surface area contributed by atoms with Gasteiger partial charge in [0.2, 0.25) is 0 Å². The number of nitrogens with one attached hydrogen (secondary N) is 1. The Balaban J connectivity index is 1.93. The predicted molar refractivity (Wildman–Crippen MR) is 80.3 cm³/mol. The Hall–Kier alpha value is -1.24. The molecule has 1 aromatic carbocycles. The normalized spacial score (nSPS) is 21.7. The van der Waals surface area contributed by atoms with Crippen molar-refractivity contribution in [3.05, 3.63) is 41.0 Å². The van der Waals surface area contributed by atoms with Gasteiger partial charge < -0.3 is 0 Å². The Morgan fingerprint density at radius 2 is 1.84 bits per heavy atom. The summed E-state index contributed by atoms with van der Waals surface area (Å²) in [6.07, 6.45) is 6.53. The zero-order chi connectivity index (χ0) is 13.3. The van der Waals surface area contributed by atoms with Crippen LogP contribution in [0.1, 0.15) is 50.2 Å². The number of hydrogen-bond acceptors (Lipinski definition) is 3. The van der Waals surface area contributed by atoms with Crippen LogP contribution in [-0.2, 0) is 0 Å². The number of hydrogen-bond donors (Lipinski definition) is 1. The summed E-state index contributed by atoms with van der Waals surface area (Å²) in [6.45, 7) is 2.27. The van der Waals surface area contributed by atoms with Crippen LogP contribution in [0, 0.1) is 11.3 Å². The van der Waals surface area contributed by atoms with Gasteiger partial charge in [-0.25, -0.2) is 4.72 Å². The fourth-order valence-electron chi connectivity index (χ4n) is 3.12. The lowest BCUT2D eigenvalue weighted by Gasteiger charge is -2.34. The van der Waals surface area contributed by atoms with E-state index >= 15 is 0 Å². The van der Waals surface area contributed by atoms with Gasteiger partial charge in [0.15, 0.2) is 0 Å². The highest BCUT2D eigenvalue weighted by molar-refractivity contribution is 8.06. The summed E-state index contributed by atoms with van der Waals surface area (Å²) in [5.74, 6) is 0. The number of rotatable bonds is 1. The Kier molecular flexibility index (Phi) is 3.38. The van der Waals surface area contributed by atoms with E-state index in [1.165, 1.54) is 48.1 Å². The minimum absolute atomic E-state index is 0.228. The first-order valence-electron chi connectivity index (χ1n) is 6.91. The molecule has 0 unspecified atom stereocenters. The summed E-state index contributed by atoms with van der Waals surface area (Å²) in [7, 11) is 0. The van der Waals surface area contributed by atoms with Crippen LogP contribution >= 0.6 is 11.9 Å². The standard InChI is InChI=1S/C16H18N2S/c1-12-15(14-7-5-13(11-17)6-8-14)19-18-16(12)9-3-2-4-10-16/h5-8,18H,2-4,9-10H2,1H3. The first-order valence-corrected chi connectivity index (χ1v) is 7.73. The molecule has 98 valence electrons. The van der Waals surface area contributed by atoms with Crippen molar-refractivity contribution in [3.8, 4) is 6.07 Å².